The molecule has 17 heavy (non-hydrogen) atoms. The van der Waals surface area contributed by atoms with Gasteiger partial charge in [-0.15, -0.1) is 12.4 Å². The molecule has 1 N–H and O–H groups in total. The molecular formula is C13H25ClN2O. The van der Waals surface area contributed by atoms with Gasteiger partial charge in [0.2, 0.25) is 5.91 Å². The molecule has 0 saturated carbocycles. The number of carbonyl (C=O) groups is 1. The zero-order valence-electron chi connectivity index (χ0n) is 10.9. The summed E-state index contributed by atoms with van der Waals surface area (Å²) in [6, 6.07) is 1.01. The zero-order chi connectivity index (χ0) is 11.5. The van der Waals surface area contributed by atoms with Crippen LogP contribution in [0.1, 0.15) is 46.0 Å². The monoisotopic (exact) mass is 260 g/mol. The van der Waals surface area contributed by atoms with E-state index < -0.39 is 0 Å². The lowest BCUT2D eigenvalue weighted by molar-refractivity contribution is -0.134. The lowest BCUT2D eigenvalue weighted by Crippen LogP contribution is -2.42. The van der Waals surface area contributed by atoms with Crippen molar-refractivity contribution >= 4 is 18.3 Å². The van der Waals surface area contributed by atoms with Crippen molar-refractivity contribution in [3.63, 3.8) is 0 Å². The van der Waals surface area contributed by atoms with Crippen LogP contribution in [0.2, 0.25) is 0 Å². The van der Waals surface area contributed by atoms with Crippen LogP contribution in [0.5, 0.6) is 0 Å². The van der Waals surface area contributed by atoms with E-state index in [1.165, 1.54) is 12.8 Å². The highest BCUT2D eigenvalue weighted by molar-refractivity contribution is 5.85. The van der Waals surface area contributed by atoms with E-state index in [0.29, 0.717) is 23.9 Å². The van der Waals surface area contributed by atoms with Crippen molar-refractivity contribution in [2.75, 3.05) is 13.1 Å². The largest absolute Gasteiger partial charge is 0.335 e. The molecule has 2 rings (SSSR count). The summed E-state index contributed by atoms with van der Waals surface area (Å²) < 4.78 is 0. The minimum absolute atomic E-state index is 0. The Hall–Kier alpha value is -0.280. The predicted molar refractivity (Wildman–Crippen MR) is 72.5 cm³/mol. The molecule has 0 aromatic rings. The van der Waals surface area contributed by atoms with E-state index in [4.69, 9.17) is 0 Å². The second-order valence-electron chi connectivity index (χ2n) is 5.61. The molecule has 4 heteroatoms. The lowest BCUT2D eigenvalue weighted by Gasteiger charge is -2.28. The van der Waals surface area contributed by atoms with Gasteiger partial charge < -0.3 is 10.2 Å². The van der Waals surface area contributed by atoms with Gasteiger partial charge in [-0.05, 0) is 38.1 Å². The number of halogens is 1. The molecule has 2 atom stereocenters. The maximum atomic E-state index is 12.2. The molecule has 100 valence electrons. The van der Waals surface area contributed by atoms with E-state index in [9.17, 15) is 4.79 Å². The molecule has 0 aromatic carbocycles. The summed E-state index contributed by atoms with van der Waals surface area (Å²) >= 11 is 0. The first-order valence-electron chi connectivity index (χ1n) is 6.70. The number of nitrogens with zero attached hydrogens (tertiary/aromatic N) is 1. The summed E-state index contributed by atoms with van der Waals surface area (Å²) in [6.07, 6.45) is 5.33. The first-order chi connectivity index (χ1) is 7.68. The molecule has 2 saturated heterocycles. The van der Waals surface area contributed by atoms with Crippen molar-refractivity contribution in [3.8, 4) is 0 Å². The van der Waals surface area contributed by atoms with E-state index in [2.05, 4.69) is 24.1 Å². The molecule has 3 nitrogen and oxygen atoms in total. The number of hydrogen-bond donors (Lipinski definition) is 1. The minimum Gasteiger partial charge on any atom is -0.335 e. The van der Waals surface area contributed by atoms with Gasteiger partial charge in [-0.2, -0.15) is 0 Å². The highest BCUT2D eigenvalue weighted by Crippen LogP contribution is 2.28. The van der Waals surface area contributed by atoms with E-state index in [1.54, 1.807) is 0 Å². The Morgan fingerprint density at radius 2 is 2.00 bits per heavy atom. The molecule has 2 bridgehead atoms. The van der Waals surface area contributed by atoms with Crippen LogP contribution in [-0.2, 0) is 4.79 Å². The van der Waals surface area contributed by atoms with Gasteiger partial charge in [-0.3, -0.25) is 4.79 Å². The number of rotatable bonds is 3. The van der Waals surface area contributed by atoms with Crippen molar-refractivity contribution in [2.45, 2.75) is 58.0 Å². The number of amides is 1. The summed E-state index contributed by atoms with van der Waals surface area (Å²) in [5.41, 5.74) is 0. The van der Waals surface area contributed by atoms with Crippen LogP contribution < -0.4 is 5.32 Å². The average molecular weight is 261 g/mol. The highest BCUT2D eigenvalue weighted by Gasteiger charge is 2.37. The molecule has 2 unspecified atom stereocenters. The first-order valence-corrected chi connectivity index (χ1v) is 6.70. The van der Waals surface area contributed by atoms with E-state index in [1.807, 2.05) is 0 Å². The number of fused-ring (bicyclic) bond motifs is 2. The van der Waals surface area contributed by atoms with Gasteiger partial charge in [0.05, 0.1) is 0 Å². The van der Waals surface area contributed by atoms with Crippen LogP contribution in [-0.4, -0.2) is 36.0 Å². The molecule has 0 radical (unpaired) electrons. The van der Waals surface area contributed by atoms with Gasteiger partial charge in [0.1, 0.15) is 0 Å². The van der Waals surface area contributed by atoms with Gasteiger partial charge in [0.25, 0.3) is 0 Å². The average Bonchev–Trinajstić information content (AvgIpc) is 2.48. The van der Waals surface area contributed by atoms with Crippen molar-refractivity contribution in [1.82, 2.24) is 10.2 Å². The summed E-state index contributed by atoms with van der Waals surface area (Å²) in [5.74, 6) is 1.02. The van der Waals surface area contributed by atoms with Gasteiger partial charge in [0.15, 0.2) is 0 Å². The second-order valence-corrected chi connectivity index (χ2v) is 5.61. The number of carbonyl (C=O) groups excluding carboxylic acids is 1. The minimum atomic E-state index is 0. The van der Waals surface area contributed by atoms with Crippen molar-refractivity contribution in [3.05, 3.63) is 0 Å². The Morgan fingerprint density at radius 3 is 2.71 bits per heavy atom. The molecule has 0 spiro atoms. The Labute approximate surface area is 111 Å². The third-order valence-electron chi connectivity index (χ3n) is 3.88. The summed E-state index contributed by atoms with van der Waals surface area (Å²) in [7, 11) is 0. The number of nitrogens with one attached hydrogen (secondary N) is 1. The van der Waals surface area contributed by atoms with Crippen molar-refractivity contribution in [1.29, 1.82) is 0 Å². The fourth-order valence-corrected chi connectivity index (χ4v) is 2.93. The van der Waals surface area contributed by atoms with Gasteiger partial charge in [0, 0.05) is 25.0 Å². The van der Waals surface area contributed by atoms with Crippen molar-refractivity contribution < 1.29 is 4.79 Å². The van der Waals surface area contributed by atoms with Crippen LogP contribution in [0.3, 0.4) is 0 Å². The van der Waals surface area contributed by atoms with Crippen LogP contribution in [0, 0.1) is 5.92 Å². The molecule has 1 amide bonds. The molecule has 2 aliphatic heterocycles. The summed E-state index contributed by atoms with van der Waals surface area (Å²) in [4.78, 5) is 14.4. The fraction of sp³-hybridized carbons (Fsp3) is 0.923. The molecule has 2 fully saturated rings. The second kappa shape index (κ2) is 6.60. The molecule has 0 aliphatic carbocycles. The van der Waals surface area contributed by atoms with Gasteiger partial charge >= 0.3 is 0 Å². The third kappa shape index (κ3) is 3.59. The van der Waals surface area contributed by atoms with E-state index in [0.717, 1.165) is 32.4 Å². The van der Waals surface area contributed by atoms with Crippen molar-refractivity contribution in [2.24, 2.45) is 5.92 Å². The molecule has 2 aliphatic rings. The number of hydrogen-bond acceptors (Lipinski definition) is 2. The summed E-state index contributed by atoms with van der Waals surface area (Å²) in [6.45, 7) is 6.46. The predicted octanol–water partition coefficient (Wildman–Crippen LogP) is 2.20. The Balaban J connectivity index is 0.00000144. The summed E-state index contributed by atoms with van der Waals surface area (Å²) in [5, 5.41) is 3.43. The quantitative estimate of drug-likeness (QED) is 0.844. The zero-order valence-corrected chi connectivity index (χ0v) is 11.8. The van der Waals surface area contributed by atoms with E-state index in [-0.39, 0.29) is 12.4 Å². The third-order valence-corrected chi connectivity index (χ3v) is 3.88. The van der Waals surface area contributed by atoms with Gasteiger partial charge in [-0.25, -0.2) is 0 Å². The fourth-order valence-electron chi connectivity index (χ4n) is 2.93. The first kappa shape index (κ1) is 14.8. The normalized spacial score (nSPS) is 27.8. The maximum Gasteiger partial charge on any atom is 0.223 e. The van der Waals surface area contributed by atoms with Crippen LogP contribution >= 0.6 is 12.4 Å². The SMILES string of the molecule is CC(C)CCC(=O)N1C2CCNCC1CC2.Cl. The standard InChI is InChI=1S/C13H24N2O.ClH/c1-10(2)3-6-13(16)15-11-4-5-12(15)9-14-8-7-11;/h10-12,14H,3-9H2,1-2H3;1H. The van der Waals surface area contributed by atoms with Crippen LogP contribution in [0.15, 0.2) is 0 Å². The smallest absolute Gasteiger partial charge is 0.223 e. The maximum absolute atomic E-state index is 12.2. The molecule has 0 aromatic heterocycles. The molecular weight excluding hydrogens is 236 g/mol. The van der Waals surface area contributed by atoms with Crippen LogP contribution in [0.25, 0.3) is 0 Å². The van der Waals surface area contributed by atoms with Gasteiger partial charge in [-0.1, -0.05) is 13.8 Å². The van der Waals surface area contributed by atoms with Crippen LogP contribution in [0.4, 0.5) is 0 Å². The Morgan fingerprint density at radius 1 is 1.29 bits per heavy atom. The lowest BCUT2D eigenvalue weighted by atomic mass is 10.1. The molecule has 2 heterocycles. The Bertz CT molecular complexity index is 244. The highest BCUT2D eigenvalue weighted by atomic mass is 35.5. The van der Waals surface area contributed by atoms with E-state index >= 15 is 0 Å². The Kier molecular flexibility index (Phi) is 5.74. The topological polar surface area (TPSA) is 32.3 Å².